The molecule has 4 rings (SSSR count). The molecule has 2 saturated carbocycles. The minimum absolute atomic E-state index is 0.0825. The first kappa shape index (κ1) is 23.0. The topological polar surface area (TPSA) is 128 Å². The molecule has 0 aliphatic heterocycles. The molecule has 0 spiro atoms. The SMILES string of the molecule is Cc1nc(-c2nnn(C)c2CNC(=O)O[C@H](C)C2CC2)ccc1O[C@H]1CCC[C@H](C(=O)O)C1. The number of nitrogens with zero attached hydrogens (tertiary/aromatic N) is 4. The van der Waals surface area contributed by atoms with E-state index in [-0.39, 0.29) is 24.7 Å². The van der Waals surface area contributed by atoms with Crippen LogP contribution in [0.4, 0.5) is 4.79 Å². The van der Waals surface area contributed by atoms with Gasteiger partial charge in [0.1, 0.15) is 17.5 Å². The average molecular weight is 458 g/mol. The van der Waals surface area contributed by atoms with Gasteiger partial charge in [-0.25, -0.2) is 14.5 Å². The maximum Gasteiger partial charge on any atom is 0.407 e. The van der Waals surface area contributed by atoms with E-state index in [1.165, 1.54) is 0 Å². The Balaban J connectivity index is 1.41. The number of aryl methyl sites for hydroxylation is 2. The summed E-state index contributed by atoms with van der Waals surface area (Å²) in [6.45, 7) is 3.98. The second-order valence-electron chi connectivity index (χ2n) is 9.03. The molecule has 1 amide bonds. The molecule has 33 heavy (non-hydrogen) atoms. The van der Waals surface area contributed by atoms with Crippen LogP contribution in [0.15, 0.2) is 12.1 Å². The smallest absolute Gasteiger partial charge is 0.407 e. The molecule has 0 aromatic carbocycles. The van der Waals surface area contributed by atoms with Gasteiger partial charge in [0.15, 0.2) is 0 Å². The molecule has 2 fully saturated rings. The molecule has 2 aliphatic rings. The normalized spacial score (nSPS) is 21.3. The van der Waals surface area contributed by atoms with Crippen LogP contribution in [-0.4, -0.2) is 49.4 Å². The number of carboxylic acids is 1. The number of aromatic nitrogens is 4. The van der Waals surface area contributed by atoms with Crippen LogP contribution >= 0.6 is 0 Å². The van der Waals surface area contributed by atoms with Crippen molar-refractivity contribution in [1.29, 1.82) is 0 Å². The fourth-order valence-electron chi connectivity index (χ4n) is 4.26. The Labute approximate surface area is 192 Å². The molecular formula is C23H31N5O5. The van der Waals surface area contributed by atoms with E-state index in [1.807, 2.05) is 19.9 Å². The van der Waals surface area contributed by atoms with Crippen molar-refractivity contribution in [3.05, 3.63) is 23.5 Å². The maximum atomic E-state index is 12.1. The molecule has 0 saturated heterocycles. The summed E-state index contributed by atoms with van der Waals surface area (Å²) < 4.78 is 13.1. The summed E-state index contributed by atoms with van der Waals surface area (Å²) in [5, 5.41) is 20.4. The van der Waals surface area contributed by atoms with Gasteiger partial charge < -0.3 is 19.9 Å². The lowest BCUT2D eigenvalue weighted by Gasteiger charge is -2.27. The summed E-state index contributed by atoms with van der Waals surface area (Å²) in [5.41, 5.74) is 2.60. The second-order valence-corrected chi connectivity index (χ2v) is 9.03. The number of carbonyl (C=O) groups is 2. The Morgan fingerprint density at radius 2 is 2.06 bits per heavy atom. The summed E-state index contributed by atoms with van der Waals surface area (Å²) in [6, 6.07) is 3.64. The van der Waals surface area contributed by atoms with E-state index in [0.717, 1.165) is 25.7 Å². The van der Waals surface area contributed by atoms with Crippen LogP contribution in [-0.2, 0) is 23.1 Å². The van der Waals surface area contributed by atoms with Crippen LogP contribution in [0.25, 0.3) is 11.4 Å². The van der Waals surface area contributed by atoms with Gasteiger partial charge in [-0.2, -0.15) is 0 Å². The third-order valence-corrected chi connectivity index (χ3v) is 6.47. The molecule has 2 aliphatic carbocycles. The number of aliphatic carboxylic acids is 1. The largest absolute Gasteiger partial charge is 0.489 e. The Hall–Kier alpha value is -3.17. The number of amides is 1. The van der Waals surface area contributed by atoms with E-state index in [2.05, 4.69) is 20.6 Å². The zero-order valence-corrected chi connectivity index (χ0v) is 19.3. The monoisotopic (exact) mass is 457 g/mol. The first-order chi connectivity index (χ1) is 15.8. The number of alkyl carbamates (subject to hydrolysis) is 1. The number of carboxylic acid groups (broad SMARTS) is 1. The van der Waals surface area contributed by atoms with Gasteiger partial charge in [-0.15, -0.1) is 5.10 Å². The van der Waals surface area contributed by atoms with E-state index in [0.29, 0.717) is 47.3 Å². The summed E-state index contributed by atoms with van der Waals surface area (Å²) in [7, 11) is 1.76. The van der Waals surface area contributed by atoms with Gasteiger partial charge in [-0.3, -0.25) is 4.79 Å². The number of nitrogens with one attached hydrogen (secondary N) is 1. The Morgan fingerprint density at radius 1 is 1.27 bits per heavy atom. The third-order valence-electron chi connectivity index (χ3n) is 6.47. The van der Waals surface area contributed by atoms with Gasteiger partial charge in [0.25, 0.3) is 0 Å². The van der Waals surface area contributed by atoms with Crippen molar-refractivity contribution >= 4 is 12.1 Å². The minimum atomic E-state index is -0.761. The van der Waals surface area contributed by atoms with Crippen LogP contribution in [0.5, 0.6) is 5.75 Å². The van der Waals surface area contributed by atoms with Gasteiger partial charge in [-0.1, -0.05) is 5.21 Å². The Bertz CT molecular complexity index is 1020. The van der Waals surface area contributed by atoms with Crippen LogP contribution in [0, 0.1) is 18.8 Å². The van der Waals surface area contributed by atoms with Gasteiger partial charge in [0.2, 0.25) is 0 Å². The van der Waals surface area contributed by atoms with Crippen molar-refractivity contribution in [2.45, 2.75) is 71.1 Å². The molecule has 178 valence electrons. The molecular weight excluding hydrogens is 426 g/mol. The van der Waals surface area contributed by atoms with E-state index < -0.39 is 12.1 Å². The van der Waals surface area contributed by atoms with Crippen LogP contribution < -0.4 is 10.1 Å². The van der Waals surface area contributed by atoms with Crippen molar-refractivity contribution in [3.8, 4) is 17.1 Å². The van der Waals surface area contributed by atoms with Crippen LogP contribution in [0.2, 0.25) is 0 Å². The quantitative estimate of drug-likeness (QED) is 0.618. The lowest BCUT2D eigenvalue weighted by molar-refractivity contribution is -0.143. The van der Waals surface area contributed by atoms with E-state index in [4.69, 9.17) is 9.47 Å². The maximum absolute atomic E-state index is 12.1. The number of rotatable bonds is 8. The first-order valence-electron chi connectivity index (χ1n) is 11.5. The highest BCUT2D eigenvalue weighted by Crippen LogP contribution is 2.34. The lowest BCUT2D eigenvalue weighted by Crippen LogP contribution is -2.29. The number of ether oxygens (including phenoxy) is 2. The van der Waals surface area contributed by atoms with Gasteiger partial charge in [0.05, 0.1) is 35.6 Å². The van der Waals surface area contributed by atoms with Crippen molar-refractivity contribution in [2.75, 3.05) is 0 Å². The molecule has 0 bridgehead atoms. The third kappa shape index (κ3) is 5.61. The van der Waals surface area contributed by atoms with Crippen molar-refractivity contribution in [2.24, 2.45) is 18.9 Å². The molecule has 2 N–H and O–H groups in total. The number of pyridine rings is 1. The molecule has 0 radical (unpaired) electrons. The second kappa shape index (κ2) is 9.76. The first-order valence-corrected chi connectivity index (χ1v) is 11.5. The predicted molar refractivity (Wildman–Crippen MR) is 118 cm³/mol. The summed E-state index contributed by atoms with van der Waals surface area (Å²) >= 11 is 0. The molecule has 10 nitrogen and oxygen atoms in total. The van der Waals surface area contributed by atoms with Gasteiger partial charge in [0, 0.05) is 7.05 Å². The molecule has 2 heterocycles. The number of hydrogen-bond donors (Lipinski definition) is 2. The standard InChI is InChI=1S/C23H31N5O5/c1-13-20(33-17-6-4-5-16(11-17)22(29)30)10-9-18(25-13)21-19(28(3)27-26-21)12-24-23(31)32-14(2)15-7-8-15/h9-10,14-17H,4-8,11-12H2,1-3H3,(H,24,31)(H,29,30)/t14-,16+,17+/m1/s1. The van der Waals surface area contributed by atoms with Crippen LogP contribution in [0.1, 0.15) is 56.8 Å². The molecule has 0 unspecified atom stereocenters. The molecule has 2 aromatic rings. The fraction of sp³-hybridized carbons (Fsp3) is 0.609. The van der Waals surface area contributed by atoms with Gasteiger partial charge >= 0.3 is 12.1 Å². The van der Waals surface area contributed by atoms with Crippen molar-refractivity contribution < 1.29 is 24.2 Å². The summed E-state index contributed by atoms with van der Waals surface area (Å²) in [5.74, 6) is -0.00901. The van der Waals surface area contributed by atoms with Crippen molar-refractivity contribution in [3.63, 3.8) is 0 Å². The fourth-order valence-corrected chi connectivity index (χ4v) is 4.26. The molecule has 3 atom stereocenters. The van der Waals surface area contributed by atoms with Crippen molar-refractivity contribution in [1.82, 2.24) is 25.3 Å². The van der Waals surface area contributed by atoms with E-state index in [1.54, 1.807) is 17.8 Å². The highest BCUT2D eigenvalue weighted by Gasteiger charge is 2.31. The van der Waals surface area contributed by atoms with E-state index in [9.17, 15) is 14.7 Å². The Kier molecular flexibility index (Phi) is 6.80. The van der Waals surface area contributed by atoms with Crippen LogP contribution in [0.3, 0.4) is 0 Å². The predicted octanol–water partition coefficient (Wildman–Crippen LogP) is 3.23. The number of carbonyl (C=O) groups excluding carboxylic acids is 1. The summed E-state index contributed by atoms with van der Waals surface area (Å²) in [6.07, 6.45) is 4.42. The highest BCUT2D eigenvalue weighted by atomic mass is 16.6. The molecule has 2 aromatic heterocycles. The number of hydrogen-bond acceptors (Lipinski definition) is 7. The zero-order chi connectivity index (χ0) is 23.5. The average Bonchev–Trinajstić information content (AvgIpc) is 3.57. The minimum Gasteiger partial charge on any atom is -0.489 e. The molecule has 10 heteroatoms. The lowest BCUT2D eigenvalue weighted by atomic mass is 9.87. The van der Waals surface area contributed by atoms with E-state index >= 15 is 0 Å². The zero-order valence-electron chi connectivity index (χ0n) is 19.3. The van der Waals surface area contributed by atoms with Gasteiger partial charge in [-0.05, 0) is 70.4 Å². The summed E-state index contributed by atoms with van der Waals surface area (Å²) in [4.78, 5) is 28.1. The highest BCUT2D eigenvalue weighted by molar-refractivity contribution is 5.70. The Morgan fingerprint density at radius 3 is 2.76 bits per heavy atom.